The maximum Gasteiger partial charge on any atom is 0.400 e. The monoisotopic (exact) mass is 269 g/mol. The van der Waals surface area contributed by atoms with E-state index in [0.717, 1.165) is 19.4 Å². The smallest absolute Gasteiger partial charge is 0.400 e. The number of hydrogen-bond donors (Lipinski definition) is 3. The third-order valence-corrected chi connectivity index (χ3v) is 2.88. The summed E-state index contributed by atoms with van der Waals surface area (Å²) in [4.78, 5) is 0. The van der Waals surface area contributed by atoms with E-state index in [9.17, 15) is 13.2 Å². The summed E-state index contributed by atoms with van der Waals surface area (Å²) in [5.41, 5.74) is 5.02. The highest BCUT2D eigenvalue weighted by molar-refractivity contribution is 5.83. The molecule has 2 unspecified atom stereocenters. The fourth-order valence-corrected chi connectivity index (χ4v) is 1.84. The van der Waals surface area contributed by atoms with Crippen molar-refractivity contribution in [3.8, 4) is 0 Å². The Morgan fingerprint density at radius 3 is 2.78 bits per heavy atom. The van der Waals surface area contributed by atoms with Crippen LogP contribution in [0.1, 0.15) is 19.3 Å². The predicted molar refractivity (Wildman–Crippen MR) is 59.4 cm³/mol. The molecule has 106 valence electrons. The van der Waals surface area contributed by atoms with Gasteiger partial charge in [-0.1, -0.05) is 5.16 Å². The summed E-state index contributed by atoms with van der Waals surface area (Å²) in [6.07, 6.45) is -1.77. The van der Waals surface area contributed by atoms with E-state index in [4.69, 9.17) is 15.7 Å². The van der Waals surface area contributed by atoms with Gasteiger partial charge in [0.2, 0.25) is 0 Å². The van der Waals surface area contributed by atoms with Gasteiger partial charge in [0, 0.05) is 13.2 Å². The molecular formula is C10H18F3N3O2. The van der Waals surface area contributed by atoms with Gasteiger partial charge in [0.1, 0.15) is 5.92 Å². The number of rotatable bonds is 6. The Morgan fingerprint density at radius 2 is 2.28 bits per heavy atom. The largest absolute Gasteiger partial charge is 0.409 e. The topological polar surface area (TPSA) is 79.9 Å². The van der Waals surface area contributed by atoms with Gasteiger partial charge in [0.15, 0.2) is 5.84 Å². The molecule has 1 aliphatic rings. The van der Waals surface area contributed by atoms with E-state index in [1.54, 1.807) is 0 Å². The lowest BCUT2D eigenvalue weighted by atomic mass is 10.1. The van der Waals surface area contributed by atoms with E-state index >= 15 is 0 Å². The lowest BCUT2D eigenvalue weighted by Crippen LogP contribution is -2.43. The first-order valence-electron chi connectivity index (χ1n) is 5.81. The lowest BCUT2D eigenvalue weighted by Gasteiger charge is -2.19. The molecule has 0 saturated carbocycles. The predicted octanol–water partition coefficient (Wildman–Crippen LogP) is 1.07. The number of nitrogens with one attached hydrogen (secondary N) is 1. The molecule has 0 aromatic rings. The molecule has 2 atom stereocenters. The number of hydrogen-bond acceptors (Lipinski definition) is 4. The van der Waals surface area contributed by atoms with Crippen molar-refractivity contribution in [1.82, 2.24) is 5.32 Å². The van der Waals surface area contributed by atoms with Crippen LogP contribution in [0.25, 0.3) is 0 Å². The van der Waals surface area contributed by atoms with Crippen molar-refractivity contribution < 1.29 is 23.1 Å². The minimum atomic E-state index is -4.52. The molecule has 0 bridgehead atoms. The highest BCUT2D eigenvalue weighted by Crippen LogP contribution is 2.25. The first kappa shape index (κ1) is 15.0. The van der Waals surface area contributed by atoms with E-state index in [0.29, 0.717) is 13.0 Å². The molecule has 8 heteroatoms. The van der Waals surface area contributed by atoms with Crippen molar-refractivity contribution in [2.24, 2.45) is 16.8 Å². The molecular weight excluding hydrogens is 251 g/mol. The molecule has 0 radical (unpaired) electrons. The fraction of sp³-hybridized carbons (Fsp3) is 0.900. The molecule has 1 rings (SSSR count). The van der Waals surface area contributed by atoms with Crippen molar-refractivity contribution >= 4 is 5.84 Å². The van der Waals surface area contributed by atoms with Gasteiger partial charge in [-0.05, 0) is 25.8 Å². The number of alkyl halides is 3. The zero-order chi connectivity index (χ0) is 13.6. The number of amidine groups is 1. The average molecular weight is 269 g/mol. The molecule has 0 aromatic carbocycles. The summed E-state index contributed by atoms with van der Waals surface area (Å²) in [6, 6.07) is 0. The summed E-state index contributed by atoms with van der Waals surface area (Å²) in [5.74, 6) is -2.79. The molecule has 18 heavy (non-hydrogen) atoms. The van der Waals surface area contributed by atoms with Crippen LogP contribution >= 0.6 is 0 Å². The second kappa shape index (κ2) is 6.79. The van der Waals surface area contributed by atoms with Crippen molar-refractivity contribution in [2.75, 3.05) is 19.7 Å². The molecule has 0 aromatic heterocycles. The summed E-state index contributed by atoms with van der Waals surface area (Å²) < 4.78 is 43.0. The summed E-state index contributed by atoms with van der Waals surface area (Å²) in [6.45, 7) is 0.738. The van der Waals surface area contributed by atoms with E-state index in [2.05, 4.69) is 10.5 Å². The second-order valence-corrected chi connectivity index (χ2v) is 4.25. The fourth-order valence-electron chi connectivity index (χ4n) is 1.84. The van der Waals surface area contributed by atoms with Gasteiger partial charge in [-0.25, -0.2) is 0 Å². The van der Waals surface area contributed by atoms with Gasteiger partial charge in [-0.2, -0.15) is 13.2 Å². The Labute approximate surface area is 103 Å². The first-order chi connectivity index (χ1) is 8.45. The molecule has 0 aliphatic carbocycles. The van der Waals surface area contributed by atoms with Crippen LogP contribution in [0.15, 0.2) is 5.16 Å². The minimum Gasteiger partial charge on any atom is -0.409 e. The Bertz CT molecular complexity index is 278. The van der Waals surface area contributed by atoms with Gasteiger partial charge < -0.3 is 21.0 Å². The molecule has 0 amide bonds. The first-order valence-corrected chi connectivity index (χ1v) is 5.81. The standard InChI is InChI=1S/C10H18F3N3O2/c11-10(12,13)8(9(14)16-17)6-15-4-3-7-2-1-5-18-7/h7-8,15,17H,1-6H2,(H2,14,16). The van der Waals surface area contributed by atoms with Gasteiger partial charge in [-0.15, -0.1) is 0 Å². The Morgan fingerprint density at radius 1 is 1.56 bits per heavy atom. The van der Waals surface area contributed by atoms with Gasteiger partial charge >= 0.3 is 6.18 Å². The van der Waals surface area contributed by atoms with Crippen LogP contribution in [0.4, 0.5) is 13.2 Å². The molecule has 0 spiro atoms. The van der Waals surface area contributed by atoms with Crippen LogP contribution in [-0.2, 0) is 4.74 Å². The zero-order valence-corrected chi connectivity index (χ0v) is 9.91. The molecule has 1 aliphatic heterocycles. The molecule has 5 nitrogen and oxygen atoms in total. The SMILES string of the molecule is NC(=NO)C(CNCCC1CCCO1)C(F)(F)F. The van der Waals surface area contributed by atoms with Crippen LogP contribution in [-0.4, -0.2) is 43.0 Å². The van der Waals surface area contributed by atoms with Crippen molar-refractivity contribution in [3.63, 3.8) is 0 Å². The Kier molecular flexibility index (Phi) is 5.67. The molecule has 4 N–H and O–H groups in total. The van der Waals surface area contributed by atoms with E-state index in [-0.39, 0.29) is 6.10 Å². The number of nitrogens with zero attached hydrogens (tertiary/aromatic N) is 1. The van der Waals surface area contributed by atoms with Crippen LogP contribution in [0.2, 0.25) is 0 Å². The number of halogens is 3. The Balaban J connectivity index is 2.29. The van der Waals surface area contributed by atoms with E-state index in [1.807, 2.05) is 0 Å². The van der Waals surface area contributed by atoms with Crippen LogP contribution in [0, 0.1) is 5.92 Å². The van der Waals surface area contributed by atoms with Crippen LogP contribution in [0.3, 0.4) is 0 Å². The maximum absolute atomic E-state index is 12.5. The van der Waals surface area contributed by atoms with Crippen molar-refractivity contribution in [1.29, 1.82) is 0 Å². The highest BCUT2D eigenvalue weighted by Gasteiger charge is 2.42. The number of nitrogens with two attached hydrogens (primary N) is 1. The van der Waals surface area contributed by atoms with Gasteiger partial charge in [-0.3, -0.25) is 0 Å². The number of oxime groups is 1. The maximum atomic E-state index is 12.5. The zero-order valence-electron chi connectivity index (χ0n) is 9.91. The van der Waals surface area contributed by atoms with E-state index < -0.39 is 24.5 Å². The summed E-state index contributed by atoms with van der Waals surface area (Å²) in [5, 5.41) is 13.4. The van der Waals surface area contributed by atoms with Crippen LogP contribution in [0.5, 0.6) is 0 Å². The molecule has 1 saturated heterocycles. The molecule has 1 heterocycles. The van der Waals surface area contributed by atoms with Crippen molar-refractivity contribution in [3.05, 3.63) is 0 Å². The second-order valence-electron chi connectivity index (χ2n) is 4.25. The highest BCUT2D eigenvalue weighted by atomic mass is 19.4. The van der Waals surface area contributed by atoms with Crippen molar-refractivity contribution in [2.45, 2.75) is 31.5 Å². The lowest BCUT2D eigenvalue weighted by molar-refractivity contribution is -0.154. The molecule has 1 fully saturated rings. The summed E-state index contributed by atoms with van der Waals surface area (Å²) >= 11 is 0. The third-order valence-electron chi connectivity index (χ3n) is 2.88. The average Bonchev–Trinajstić information content (AvgIpc) is 2.79. The van der Waals surface area contributed by atoms with Crippen LogP contribution < -0.4 is 11.1 Å². The van der Waals surface area contributed by atoms with Gasteiger partial charge in [0.25, 0.3) is 0 Å². The third kappa shape index (κ3) is 4.69. The normalized spacial score (nSPS) is 23.3. The number of ether oxygens (including phenoxy) is 1. The quantitative estimate of drug-likeness (QED) is 0.221. The minimum absolute atomic E-state index is 0.130. The van der Waals surface area contributed by atoms with Gasteiger partial charge in [0.05, 0.1) is 6.10 Å². The summed E-state index contributed by atoms with van der Waals surface area (Å²) in [7, 11) is 0. The Hall–Kier alpha value is -1.02. The van der Waals surface area contributed by atoms with E-state index in [1.165, 1.54) is 0 Å².